The second kappa shape index (κ2) is 5.10. The van der Waals surface area contributed by atoms with Crippen molar-refractivity contribution in [1.29, 1.82) is 0 Å². The monoisotopic (exact) mass is 247 g/mol. The first-order valence-electron chi connectivity index (χ1n) is 5.17. The molecule has 0 fully saturated rings. The van der Waals surface area contributed by atoms with Crippen molar-refractivity contribution in [2.75, 3.05) is 13.4 Å². The lowest BCUT2D eigenvalue weighted by atomic mass is 10.2. The first-order valence-corrected chi connectivity index (χ1v) is 6.39. The van der Waals surface area contributed by atoms with E-state index in [1.807, 2.05) is 47.4 Å². The second-order valence-electron chi connectivity index (χ2n) is 3.43. The summed E-state index contributed by atoms with van der Waals surface area (Å²) in [4.78, 5) is 11.7. The number of methoxy groups -OCH3 is 1. The molecule has 0 atom stereocenters. The molecule has 0 amide bonds. The number of thioether (sulfide) groups is 1. The quantitative estimate of drug-likeness (QED) is 0.617. The topological polar surface area (TPSA) is 31.2 Å². The lowest BCUT2D eigenvalue weighted by Crippen LogP contribution is -2.07. The molecule has 2 aromatic rings. The van der Waals surface area contributed by atoms with Gasteiger partial charge in [0, 0.05) is 6.20 Å². The van der Waals surface area contributed by atoms with Gasteiger partial charge in [0.15, 0.2) is 0 Å². The minimum atomic E-state index is -0.318. The van der Waals surface area contributed by atoms with Gasteiger partial charge in [-0.2, -0.15) is 0 Å². The summed E-state index contributed by atoms with van der Waals surface area (Å²) in [6, 6.07) is 11.4. The van der Waals surface area contributed by atoms with Gasteiger partial charge in [0.1, 0.15) is 0 Å². The Bertz CT molecular complexity index is 534. The Morgan fingerprint density at radius 3 is 2.71 bits per heavy atom. The summed E-state index contributed by atoms with van der Waals surface area (Å²) in [5, 5.41) is 1.08. The van der Waals surface area contributed by atoms with Gasteiger partial charge >= 0.3 is 5.97 Å². The third-order valence-corrected chi connectivity index (χ3v) is 3.24. The summed E-state index contributed by atoms with van der Waals surface area (Å²) < 4.78 is 6.77. The molecule has 0 saturated carbocycles. The number of benzene rings is 1. The molecule has 17 heavy (non-hydrogen) atoms. The Morgan fingerprint density at radius 2 is 2.00 bits per heavy atom. The predicted octanol–water partition coefficient (Wildman–Crippen LogP) is 2.99. The zero-order chi connectivity index (χ0) is 12.3. The molecule has 1 aromatic carbocycles. The molecule has 0 spiro atoms. The van der Waals surface area contributed by atoms with E-state index in [2.05, 4.69) is 0 Å². The van der Waals surface area contributed by atoms with Crippen molar-refractivity contribution in [2.24, 2.45) is 0 Å². The molecule has 0 saturated heterocycles. The molecule has 4 heteroatoms. The Kier molecular flexibility index (Phi) is 3.54. The maximum atomic E-state index is 11.7. The summed E-state index contributed by atoms with van der Waals surface area (Å²) >= 11 is 1.64. The number of ether oxygens (including phenoxy) is 1. The van der Waals surface area contributed by atoms with Gasteiger partial charge in [-0.15, -0.1) is 11.8 Å². The number of esters is 1. The fourth-order valence-electron chi connectivity index (χ4n) is 1.70. The molecule has 1 heterocycles. The first kappa shape index (κ1) is 11.8. The fraction of sp³-hybridized carbons (Fsp3) is 0.154. The molecule has 0 unspecified atom stereocenters. The lowest BCUT2D eigenvalue weighted by Gasteiger charge is -2.11. The van der Waals surface area contributed by atoms with Crippen molar-refractivity contribution in [3.8, 4) is 5.69 Å². The van der Waals surface area contributed by atoms with Crippen LogP contribution in [0.4, 0.5) is 0 Å². The van der Waals surface area contributed by atoms with Crippen LogP contribution in [0.15, 0.2) is 47.6 Å². The maximum absolute atomic E-state index is 11.7. The molecule has 1 aromatic heterocycles. The smallest absolute Gasteiger partial charge is 0.339 e. The van der Waals surface area contributed by atoms with Crippen LogP contribution in [-0.4, -0.2) is 23.9 Å². The Morgan fingerprint density at radius 1 is 1.24 bits per heavy atom. The fourth-order valence-corrected chi connectivity index (χ4v) is 2.27. The number of hydrogen-bond donors (Lipinski definition) is 0. The van der Waals surface area contributed by atoms with Crippen molar-refractivity contribution < 1.29 is 9.53 Å². The highest BCUT2D eigenvalue weighted by Gasteiger charge is 2.13. The molecular formula is C13H13NO2S. The van der Waals surface area contributed by atoms with E-state index in [1.54, 1.807) is 17.8 Å². The van der Waals surface area contributed by atoms with E-state index < -0.39 is 0 Å². The third-order valence-electron chi connectivity index (χ3n) is 2.49. The van der Waals surface area contributed by atoms with Gasteiger partial charge in [0.05, 0.1) is 23.4 Å². The number of aromatic nitrogens is 1. The molecule has 0 N–H and O–H groups in total. The van der Waals surface area contributed by atoms with Gasteiger partial charge in [-0.3, -0.25) is 0 Å². The Hall–Kier alpha value is -1.68. The lowest BCUT2D eigenvalue weighted by molar-refractivity contribution is 0.0600. The van der Waals surface area contributed by atoms with E-state index in [0.29, 0.717) is 5.56 Å². The van der Waals surface area contributed by atoms with E-state index in [-0.39, 0.29) is 5.97 Å². The van der Waals surface area contributed by atoms with E-state index in [0.717, 1.165) is 10.7 Å². The number of nitrogens with zero attached hydrogens (tertiary/aromatic N) is 1. The number of rotatable bonds is 3. The second-order valence-corrected chi connectivity index (χ2v) is 4.26. The highest BCUT2D eigenvalue weighted by Crippen LogP contribution is 2.23. The summed E-state index contributed by atoms with van der Waals surface area (Å²) in [7, 11) is 1.39. The van der Waals surface area contributed by atoms with Crippen LogP contribution >= 0.6 is 11.8 Å². The van der Waals surface area contributed by atoms with Crippen LogP contribution in [0.5, 0.6) is 0 Å². The zero-order valence-electron chi connectivity index (χ0n) is 9.71. The van der Waals surface area contributed by atoms with Crippen LogP contribution in [0.3, 0.4) is 0 Å². The van der Waals surface area contributed by atoms with Crippen LogP contribution in [0.2, 0.25) is 0 Å². The van der Waals surface area contributed by atoms with Gasteiger partial charge in [-0.05, 0) is 30.5 Å². The normalized spacial score (nSPS) is 10.2. The standard InChI is InChI=1S/C13H13NO2S/c1-16-13(15)10-6-3-4-7-11(10)14-9-5-8-12(14)17-2/h3-9H,1-2H3. The van der Waals surface area contributed by atoms with Gasteiger partial charge in [0.25, 0.3) is 0 Å². The average Bonchev–Trinajstić information content (AvgIpc) is 2.86. The highest BCUT2D eigenvalue weighted by atomic mass is 32.2. The van der Waals surface area contributed by atoms with Crippen LogP contribution in [0.1, 0.15) is 10.4 Å². The zero-order valence-corrected chi connectivity index (χ0v) is 10.5. The van der Waals surface area contributed by atoms with Crippen LogP contribution in [0.25, 0.3) is 5.69 Å². The van der Waals surface area contributed by atoms with Gasteiger partial charge < -0.3 is 9.30 Å². The average molecular weight is 247 g/mol. The number of para-hydroxylation sites is 1. The SMILES string of the molecule is COC(=O)c1ccccc1-n1cccc1SC. The summed E-state index contributed by atoms with van der Waals surface area (Å²) in [6.07, 6.45) is 3.94. The van der Waals surface area contributed by atoms with Crippen LogP contribution < -0.4 is 0 Å². The molecule has 2 rings (SSSR count). The van der Waals surface area contributed by atoms with Crippen molar-refractivity contribution in [3.05, 3.63) is 48.2 Å². The molecule has 0 bridgehead atoms. The summed E-state index contributed by atoms with van der Waals surface area (Å²) in [6.45, 7) is 0. The van der Waals surface area contributed by atoms with Gasteiger partial charge in [-0.1, -0.05) is 12.1 Å². The third kappa shape index (κ3) is 2.22. The van der Waals surface area contributed by atoms with E-state index in [4.69, 9.17) is 4.74 Å². The molecule has 0 aliphatic heterocycles. The maximum Gasteiger partial charge on any atom is 0.339 e. The highest BCUT2D eigenvalue weighted by molar-refractivity contribution is 7.98. The number of hydrogen-bond acceptors (Lipinski definition) is 3. The molecule has 0 aliphatic rings. The largest absolute Gasteiger partial charge is 0.465 e. The van der Waals surface area contributed by atoms with E-state index in [1.165, 1.54) is 7.11 Å². The van der Waals surface area contributed by atoms with E-state index in [9.17, 15) is 4.79 Å². The van der Waals surface area contributed by atoms with Crippen molar-refractivity contribution in [2.45, 2.75) is 5.03 Å². The molecule has 88 valence electrons. The first-order chi connectivity index (χ1) is 8.27. The summed E-state index contributed by atoms with van der Waals surface area (Å²) in [5.74, 6) is -0.318. The Labute approximate surface area is 104 Å². The number of carbonyl (C=O) groups is 1. The van der Waals surface area contributed by atoms with Gasteiger partial charge in [0.2, 0.25) is 0 Å². The Balaban J connectivity index is 2.56. The minimum Gasteiger partial charge on any atom is -0.465 e. The van der Waals surface area contributed by atoms with Gasteiger partial charge in [-0.25, -0.2) is 4.79 Å². The van der Waals surface area contributed by atoms with Crippen LogP contribution in [-0.2, 0) is 4.74 Å². The van der Waals surface area contributed by atoms with Crippen molar-refractivity contribution >= 4 is 17.7 Å². The minimum absolute atomic E-state index is 0.318. The van der Waals surface area contributed by atoms with Crippen molar-refractivity contribution in [3.63, 3.8) is 0 Å². The molecule has 3 nitrogen and oxygen atoms in total. The molecule has 0 aliphatic carbocycles. The number of carbonyl (C=O) groups excluding carboxylic acids is 1. The molecular weight excluding hydrogens is 234 g/mol. The van der Waals surface area contributed by atoms with E-state index >= 15 is 0 Å². The van der Waals surface area contributed by atoms with Crippen molar-refractivity contribution in [1.82, 2.24) is 4.57 Å². The van der Waals surface area contributed by atoms with Crippen LogP contribution in [0, 0.1) is 0 Å². The molecule has 0 radical (unpaired) electrons. The summed E-state index contributed by atoms with van der Waals surface area (Å²) in [5.41, 5.74) is 1.41. The predicted molar refractivity (Wildman–Crippen MR) is 68.9 cm³/mol.